The largest absolute Gasteiger partial charge is 0.454 e. The van der Waals surface area contributed by atoms with E-state index in [2.05, 4.69) is 17.1 Å². The molecule has 6 heteroatoms. The maximum Gasteiger partial charge on any atom is 0.229 e. The number of para-hydroxylation sites is 2. The maximum atomic E-state index is 12.5. The predicted molar refractivity (Wildman–Crippen MR) is 126 cm³/mol. The number of benzene rings is 2. The van der Waals surface area contributed by atoms with Crippen LogP contribution in [0.1, 0.15) is 30.2 Å². The van der Waals surface area contributed by atoms with Gasteiger partial charge in [-0.15, -0.1) is 11.3 Å². The first kappa shape index (κ1) is 19.8. The molecule has 0 saturated carbocycles. The molecule has 1 fully saturated rings. The van der Waals surface area contributed by atoms with Gasteiger partial charge in [0.1, 0.15) is 17.3 Å². The van der Waals surface area contributed by atoms with Crippen molar-refractivity contribution in [2.75, 3.05) is 18.4 Å². The van der Waals surface area contributed by atoms with Crippen molar-refractivity contribution >= 4 is 34.5 Å². The van der Waals surface area contributed by atoms with Crippen molar-refractivity contribution in [3.63, 3.8) is 0 Å². The van der Waals surface area contributed by atoms with E-state index in [9.17, 15) is 4.79 Å². The number of aliphatic imine (C=N–C) groups is 1. The second-order valence-corrected chi connectivity index (χ2v) is 9.22. The molecule has 2 aliphatic heterocycles. The number of piperidine rings is 1. The zero-order valence-electron chi connectivity index (χ0n) is 17.5. The average Bonchev–Trinajstić information content (AvgIpc) is 3.21. The Morgan fingerprint density at radius 1 is 1.13 bits per heavy atom. The third-order valence-corrected chi connectivity index (χ3v) is 6.69. The molecule has 1 N–H and O–H groups in total. The normalized spacial score (nSPS) is 15.9. The van der Waals surface area contributed by atoms with Gasteiger partial charge in [0.15, 0.2) is 5.75 Å². The Kier molecular flexibility index (Phi) is 5.47. The number of anilines is 1. The zero-order chi connectivity index (χ0) is 21.2. The van der Waals surface area contributed by atoms with Crippen LogP contribution in [0.2, 0.25) is 0 Å². The molecule has 1 saturated heterocycles. The molecule has 2 aliphatic rings. The van der Waals surface area contributed by atoms with Gasteiger partial charge in [-0.05, 0) is 60.5 Å². The van der Waals surface area contributed by atoms with E-state index in [1.165, 1.54) is 0 Å². The van der Waals surface area contributed by atoms with E-state index in [-0.39, 0.29) is 5.91 Å². The summed E-state index contributed by atoms with van der Waals surface area (Å²) in [5.74, 6) is 3.14. The van der Waals surface area contributed by atoms with Crippen LogP contribution in [-0.2, 0) is 11.2 Å². The van der Waals surface area contributed by atoms with Crippen LogP contribution >= 0.6 is 11.3 Å². The Morgan fingerprint density at radius 3 is 2.77 bits per heavy atom. The van der Waals surface area contributed by atoms with Gasteiger partial charge in [0.05, 0.1) is 12.0 Å². The van der Waals surface area contributed by atoms with Gasteiger partial charge in [-0.25, -0.2) is 4.99 Å². The summed E-state index contributed by atoms with van der Waals surface area (Å²) in [6.45, 7) is 4.24. The van der Waals surface area contributed by atoms with Crippen LogP contribution < -0.4 is 10.1 Å². The van der Waals surface area contributed by atoms with E-state index in [1.807, 2.05) is 60.0 Å². The first-order valence-corrected chi connectivity index (χ1v) is 11.6. The van der Waals surface area contributed by atoms with Crippen LogP contribution in [0.15, 0.2) is 65.0 Å². The summed E-state index contributed by atoms with van der Waals surface area (Å²) < 4.78 is 6.24. The minimum atomic E-state index is -0.0227. The van der Waals surface area contributed by atoms with Crippen LogP contribution in [0, 0.1) is 5.92 Å². The Bertz CT molecular complexity index is 1120. The van der Waals surface area contributed by atoms with Crippen molar-refractivity contribution in [3.8, 4) is 11.5 Å². The number of ether oxygens (including phenoxy) is 1. The molecule has 0 unspecified atom stereocenters. The van der Waals surface area contributed by atoms with Crippen molar-refractivity contribution in [2.45, 2.75) is 26.2 Å². The number of fused-ring (bicyclic) bond motifs is 2. The molecule has 5 rings (SSSR count). The number of carbonyl (C=O) groups is 1. The van der Waals surface area contributed by atoms with Crippen molar-refractivity contribution in [3.05, 3.63) is 70.4 Å². The molecule has 158 valence electrons. The fourth-order valence-electron chi connectivity index (χ4n) is 4.04. The highest BCUT2D eigenvalue weighted by atomic mass is 32.1. The van der Waals surface area contributed by atoms with Crippen molar-refractivity contribution < 1.29 is 9.53 Å². The second-order valence-electron chi connectivity index (χ2n) is 8.19. The molecule has 0 radical (unpaired) electrons. The molecular weight excluding hydrogens is 406 g/mol. The summed E-state index contributed by atoms with van der Waals surface area (Å²) in [4.78, 5) is 21.0. The molecule has 5 nitrogen and oxygen atoms in total. The van der Waals surface area contributed by atoms with E-state index in [1.54, 1.807) is 11.3 Å². The number of amides is 1. The van der Waals surface area contributed by atoms with Gasteiger partial charge in [0.25, 0.3) is 0 Å². The highest BCUT2D eigenvalue weighted by Crippen LogP contribution is 2.39. The van der Waals surface area contributed by atoms with Gasteiger partial charge >= 0.3 is 0 Å². The summed E-state index contributed by atoms with van der Waals surface area (Å²) in [5.41, 5.74) is 2.50. The molecule has 3 aromatic rings. The topological polar surface area (TPSA) is 53.9 Å². The Hall–Kier alpha value is -3.12. The minimum Gasteiger partial charge on any atom is -0.454 e. The van der Waals surface area contributed by atoms with Crippen LogP contribution in [-0.4, -0.2) is 29.7 Å². The summed E-state index contributed by atoms with van der Waals surface area (Å²) in [5, 5.41) is 5.03. The van der Waals surface area contributed by atoms with Gasteiger partial charge in [-0.1, -0.05) is 25.1 Å². The van der Waals surface area contributed by atoms with Crippen LogP contribution in [0.3, 0.4) is 0 Å². The molecule has 0 aliphatic carbocycles. The number of hydrogen-bond donors (Lipinski definition) is 1. The van der Waals surface area contributed by atoms with Crippen molar-refractivity contribution in [1.29, 1.82) is 0 Å². The average molecular weight is 432 g/mol. The quantitative estimate of drug-likeness (QED) is 0.566. The molecule has 31 heavy (non-hydrogen) atoms. The number of hydrogen-bond acceptors (Lipinski definition) is 5. The highest BCUT2D eigenvalue weighted by molar-refractivity contribution is 7.10. The van der Waals surface area contributed by atoms with E-state index in [4.69, 9.17) is 9.73 Å². The Labute approximate surface area is 186 Å². The molecule has 0 atom stereocenters. The Balaban J connectivity index is 1.48. The fraction of sp³-hybridized carbons (Fsp3) is 0.280. The van der Waals surface area contributed by atoms with Crippen LogP contribution in [0.5, 0.6) is 11.5 Å². The maximum absolute atomic E-state index is 12.5. The monoisotopic (exact) mass is 431 g/mol. The molecule has 1 aromatic heterocycles. The first-order valence-electron chi connectivity index (χ1n) is 10.7. The van der Waals surface area contributed by atoms with E-state index in [0.29, 0.717) is 6.42 Å². The lowest BCUT2D eigenvalue weighted by Gasteiger charge is -2.33. The third kappa shape index (κ3) is 4.35. The zero-order valence-corrected chi connectivity index (χ0v) is 18.3. The van der Waals surface area contributed by atoms with E-state index >= 15 is 0 Å². The lowest BCUT2D eigenvalue weighted by molar-refractivity contribution is -0.115. The fourth-order valence-corrected chi connectivity index (χ4v) is 4.74. The van der Waals surface area contributed by atoms with Crippen molar-refractivity contribution in [1.82, 2.24) is 4.90 Å². The lowest BCUT2D eigenvalue weighted by atomic mass is 9.98. The number of rotatable bonds is 3. The summed E-state index contributed by atoms with van der Waals surface area (Å²) in [6.07, 6.45) is 2.67. The number of amidine groups is 1. The standard InChI is InChI=1S/C25H25N3O2S/c1-17-10-12-28(13-11-17)25-20-15-18(26-24(29)16-19-5-4-14-31-19)8-9-22(20)30-23-7-3-2-6-21(23)27-25/h2-9,14-15,17H,10-13,16H2,1H3,(H,26,29). The number of nitrogens with one attached hydrogen (secondary N) is 1. The summed E-state index contributed by atoms with van der Waals surface area (Å²) >= 11 is 1.59. The van der Waals surface area contributed by atoms with Gasteiger partial charge in [0.2, 0.25) is 5.91 Å². The highest BCUT2D eigenvalue weighted by Gasteiger charge is 2.26. The molecule has 0 spiro atoms. The van der Waals surface area contributed by atoms with E-state index < -0.39 is 0 Å². The molecular formula is C25H25N3O2S. The summed E-state index contributed by atoms with van der Waals surface area (Å²) in [6, 6.07) is 17.6. The van der Waals surface area contributed by atoms with Crippen LogP contribution in [0.25, 0.3) is 0 Å². The smallest absolute Gasteiger partial charge is 0.229 e. The number of carbonyl (C=O) groups excluding carboxylic acids is 1. The molecule has 2 aromatic carbocycles. The van der Waals surface area contributed by atoms with Crippen molar-refractivity contribution in [2.24, 2.45) is 10.9 Å². The number of nitrogens with zero attached hydrogens (tertiary/aromatic N) is 2. The van der Waals surface area contributed by atoms with Gasteiger partial charge < -0.3 is 15.0 Å². The molecule has 1 amide bonds. The third-order valence-electron chi connectivity index (χ3n) is 5.81. The predicted octanol–water partition coefficient (Wildman–Crippen LogP) is 5.85. The second kappa shape index (κ2) is 8.55. The molecule has 0 bridgehead atoms. The van der Waals surface area contributed by atoms with E-state index in [0.717, 1.165) is 71.0 Å². The first-order chi connectivity index (χ1) is 15.2. The number of likely N-dealkylation sites (tertiary alicyclic amines) is 1. The lowest BCUT2D eigenvalue weighted by Crippen LogP contribution is -2.38. The number of thiophene rings is 1. The minimum absolute atomic E-state index is 0.0227. The van der Waals surface area contributed by atoms with Gasteiger partial charge in [0, 0.05) is 23.7 Å². The Morgan fingerprint density at radius 2 is 1.97 bits per heavy atom. The SMILES string of the molecule is CC1CCN(C2=Nc3ccccc3Oc3ccc(NC(=O)Cc4cccs4)cc32)CC1. The van der Waals surface area contributed by atoms with Crippen LogP contribution in [0.4, 0.5) is 11.4 Å². The van der Waals surface area contributed by atoms with Gasteiger partial charge in [-0.2, -0.15) is 0 Å². The van der Waals surface area contributed by atoms with Gasteiger partial charge in [-0.3, -0.25) is 4.79 Å². The molecule has 3 heterocycles. The summed E-state index contributed by atoms with van der Waals surface area (Å²) in [7, 11) is 0.